The van der Waals surface area contributed by atoms with Crippen molar-refractivity contribution in [1.82, 2.24) is 9.55 Å². The molecule has 6 nitrogen and oxygen atoms in total. The average molecular weight is 711 g/mol. The standard InChI is InChI=1S/C48H46N4O2/c1-30-22-44(49-28-31(30)2)52-42-27-37(20-21-38(42)46-45(52)39-16-9-12-19-43(39)54-46)53-36-15-13-14-34(26-36)50-29-51(41-18-11-10-17-40(41)50)35-24-32(47(3,4)5)23-33(25-35)48(6,7)8/h9-28H,29H2,1-8H3. The number of aryl methyl sites for hydroxylation is 2. The van der Waals surface area contributed by atoms with Gasteiger partial charge in [-0.05, 0) is 114 Å². The first kappa shape index (κ1) is 33.8. The van der Waals surface area contributed by atoms with Crippen LogP contribution in [0.3, 0.4) is 0 Å². The summed E-state index contributed by atoms with van der Waals surface area (Å²) in [5, 5.41) is 2.07. The summed E-state index contributed by atoms with van der Waals surface area (Å²) in [6, 6.07) is 40.8. The Balaban J connectivity index is 1.09. The van der Waals surface area contributed by atoms with Crippen molar-refractivity contribution in [1.29, 1.82) is 0 Å². The molecule has 0 saturated heterocycles. The van der Waals surface area contributed by atoms with Crippen molar-refractivity contribution >= 4 is 55.7 Å². The number of rotatable bonds is 5. The molecule has 1 aliphatic heterocycles. The van der Waals surface area contributed by atoms with E-state index in [4.69, 9.17) is 14.1 Å². The predicted molar refractivity (Wildman–Crippen MR) is 224 cm³/mol. The number of benzene rings is 5. The molecule has 0 unspecified atom stereocenters. The van der Waals surface area contributed by atoms with Crippen molar-refractivity contribution in [3.05, 3.63) is 144 Å². The number of fused-ring (bicyclic) bond motifs is 6. The zero-order valence-electron chi connectivity index (χ0n) is 32.4. The third-order valence-corrected chi connectivity index (χ3v) is 10.9. The lowest BCUT2D eigenvalue weighted by Gasteiger charge is -2.29. The fourth-order valence-corrected chi connectivity index (χ4v) is 7.62. The molecule has 9 rings (SSSR count). The van der Waals surface area contributed by atoms with Crippen LogP contribution in [-0.2, 0) is 10.8 Å². The fraction of sp³-hybridized carbons (Fsp3) is 0.229. The molecular weight excluding hydrogens is 665 g/mol. The van der Waals surface area contributed by atoms with Gasteiger partial charge in [0.15, 0.2) is 5.58 Å². The maximum Gasteiger partial charge on any atom is 0.161 e. The van der Waals surface area contributed by atoms with E-state index in [2.05, 4.69) is 161 Å². The fourth-order valence-electron chi connectivity index (χ4n) is 7.62. The van der Waals surface area contributed by atoms with Crippen LogP contribution < -0.4 is 14.5 Å². The largest absolute Gasteiger partial charge is 0.457 e. The van der Waals surface area contributed by atoms with Gasteiger partial charge < -0.3 is 19.0 Å². The van der Waals surface area contributed by atoms with E-state index in [1.807, 2.05) is 30.5 Å². The van der Waals surface area contributed by atoms with Crippen molar-refractivity contribution in [2.45, 2.75) is 66.2 Å². The Kier molecular flexibility index (Phi) is 7.68. The van der Waals surface area contributed by atoms with Gasteiger partial charge in [-0.25, -0.2) is 4.98 Å². The molecule has 0 fully saturated rings. The summed E-state index contributed by atoms with van der Waals surface area (Å²) in [5.41, 5.74) is 13.4. The molecule has 1 aliphatic rings. The number of para-hydroxylation sites is 3. The molecule has 0 spiro atoms. The monoisotopic (exact) mass is 710 g/mol. The molecule has 0 bridgehead atoms. The third kappa shape index (κ3) is 5.68. The number of aromatic nitrogens is 2. The minimum atomic E-state index is 0.0263. The highest BCUT2D eigenvalue weighted by atomic mass is 16.5. The second-order valence-electron chi connectivity index (χ2n) is 16.8. The van der Waals surface area contributed by atoms with E-state index in [0.717, 1.165) is 61.5 Å². The van der Waals surface area contributed by atoms with Gasteiger partial charge in [0.2, 0.25) is 0 Å². The highest BCUT2D eigenvalue weighted by molar-refractivity contribution is 6.16. The van der Waals surface area contributed by atoms with Crippen LogP contribution in [0.15, 0.2) is 126 Å². The first-order valence-corrected chi connectivity index (χ1v) is 18.8. The summed E-state index contributed by atoms with van der Waals surface area (Å²) in [5.74, 6) is 2.36. The van der Waals surface area contributed by atoms with Crippen molar-refractivity contribution in [2.75, 3.05) is 16.5 Å². The number of anilines is 4. The molecule has 8 aromatic rings. The molecule has 270 valence electrons. The summed E-state index contributed by atoms with van der Waals surface area (Å²) in [4.78, 5) is 9.71. The molecule has 0 radical (unpaired) electrons. The highest BCUT2D eigenvalue weighted by Crippen LogP contribution is 2.47. The van der Waals surface area contributed by atoms with Crippen LogP contribution in [0.4, 0.5) is 22.7 Å². The Bertz CT molecular complexity index is 2710. The molecule has 0 atom stereocenters. The van der Waals surface area contributed by atoms with Gasteiger partial charge in [0.25, 0.3) is 0 Å². The van der Waals surface area contributed by atoms with Gasteiger partial charge in [-0.3, -0.25) is 4.57 Å². The van der Waals surface area contributed by atoms with E-state index < -0.39 is 0 Å². The van der Waals surface area contributed by atoms with Gasteiger partial charge in [0.05, 0.1) is 16.9 Å². The number of hydrogen-bond acceptors (Lipinski definition) is 5. The lowest BCUT2D eigenvalue weighted by molar-refractivity contribution is 0.483. The van der Waals surface area contributed by atoms with E-state index in [-0.39, 0.29) is 10.8 Å². The maximum atomic E-state index is 6.68. The first-order valence-electron chi connectivity index (χ1n) is 18.8. The lowest BCUT2D eigenvalue weighted by atomic mass is 9.80. The van der Waals surface area contributed by atoms with Gasteiger partial charge in [0.1, 0.15) is 35.1 Å². The Labute approximate surface area is 317 Å². The molecule has 0 N–H and O–H groups in total. The summed E-state index contributed by atoms with van der Waals surface area (Å²) >= 11 is 0. The molecule has 3 aromatic heterocycles. The molecule has 0 amide bonds. The second kappa shape index (κ2) is 12.3. The van der Waals surface area contributed by atoms with Gasteiger partial charge in [-0.15, -0.1) is 0 Å². The van der Waals surface area contributed by atoms with E-state index >= 15 is 0 Å². The van der Waals surface area contributed by atoms with E-state index in [9.17, 15) is 0 Å². The Morgan fingerprint density at radius 2 is 1.28 bits per heavy atom. The molecule has 4 heterocycles. The van der Waals surface area contributed by atoms with Crippen molar-refractivity contribution in [3.8, 4) is 17.3 Å². The van der Waals surface area contributed by atoms with Crippen LogP contribution >= 0.6 is 0 Å². The normalized spacial score (nSPS) is 13.4. The zero-order valence-corrected chi connectivity index (χ0v) is 32.4. The summed E-state index contributed by atoms with van der Waals surface area (Å²) < 4.78 is 15.4. The summed E-state index contributed by atoms with van der Waals surface area (Å²) in [6.45, 7) is 18.7. The number of nitrogens with zero attached hydrogens (tertiary/aromatic N) is 4. The smallest absolute Gasteiger partial charge is 0.161 e. The van der Waals surface area contributed by atoms with Gasteiger partial charge in [-0.1, -0.05) is 77.9 Å². The Morgan fingerprint density at radius 1 is 0.611 bits per heavy atom. The van der Waals surface area contributed by atoms with Crippen molar-refractivity contribution in [2.24, 2.45) is 0 Å². The van der Waals surface area contributed by atoms with Gasteiger partial charge in [-0.2, -0.15) is 0 Å². The second-order valence-corrected chi connectivity index (χ2v) is 16.8. The minimum absolute atomic E-state index is 0.0263. The average Bonchev–Trinajstić information content (AvgIpc) is 3.81. The van der Waals surface area contributed by atoms with Crippen molar-refractivity contribution < 1.29 is 9.15 Å². The van der Waals surface area contributed by atoms with Gasteiger partial charge >= 0.3 is 0 Å². The molecular formula is C48H46N4O2. The predicted octanol–water partition coefficient (Wildman–Crippen LogP) is 13.2. The zero-order chi connectivity index (χ0) is 37.5. The van der Waals surface area contributed by atoms with Crippen LogP contribution in [-0.4, -0.2) is 16.2 Å². The highest BCUT2D eigenvalue weighted by Gasteiger charge is 2.30. The van der Waals surface area contributed by atoms with Crippen LogP contribution in [0.5, 0.6) is 11.5 Å². The van der Waals surface area contributed by atoms with Gasteiger partial charge in [0, 0.05) is 40.5 Å². The topological polar surface area (TPSA) is 46.7 Å². The quantitative estimate of drug-likeness (QED) is 0.178. The SMILES string of the molecule is Cc1cnc(-n2c3cc(Oc4cccc(N5CN(c6cc(C(C)(C)C)cc(C(C)(C)C)c6)c6ccccc65)c4)ccc3c3oc4ccccc4c32)cc1C. The summed E-state index contributed by atoms with van der Waals surface area (Å²) in [7, 11) is 0. The Hall–Kier alpha value is -6.01. The van der Waals surface area contributed by atoms with Crippen molar-refractivity contribution in [3.63, 3.8) is 0 Å². The molecule has 0 aliphatic carbocycles. The number of furan rings is 1. The molecule has 5 aromatic carbocycles. The number of ether oxygens (including phenoxy) is 1. The Morgan fingerprint density at radius 3 is 1.98 bits per heavy atom. The minimum Gasteiger partial charge on any atom is -0.457 e. The van der Waals surface area contributed by atoms with Crippen LogP contribution in [0.25, 0.3) is 38.8 Å². The molecule has 6 heteroatoms. The first-order chi connectivity index (χ1) is 25.8. The van der Waals surface area contributed by atoms with Crippen LogP contribution in [0, 0.1) is 13.8 Å². The number of pyridine rings is 1. The third-order valence-electron chi connectivity index (χ3n) is 10.9. The molecule has 0 saturated carbocycles. The number of hydrogen-bond donors (Lipinski definition) is 0. The van der Waals surface area contributed by atoms with E-state index in [0.29, 0.717) is 6.67 Å². The lowest BCUT2D eigenvalue weighted by Crippen LogP contribution is -2.25. The summed E-state index contributed by atoms with van der Waals surface area (Å²) in [6.07, 6.45) is 1.94. The van der Waals surface area contributed by atoms with Crippen LogP contribution in [0.2, 0.25) is 0 Å². The van der Waals surface area contributed by atoms with E-state index in [1.165, 1.54) is 33.8 Å². The van der Waals surface area contributed by atoms with Crippen LogP contribution in [0.1, 0.15) is 63.8 Å². The van der Waals surface area contributed by atoms with E-state index in [1.54, 1.807) is 0 Å². The maximum absolute atomic E-state index is 6.68. The molecule has 54 heavy (non-hydrogen) atoms.